The van der Waals surface area contributed by atoms with Crippen LogP contribution >= 0.6 is 0 Å². The summed E-state index contributed by atoms with van der Waals surface area (Å²) in [5.74, 6) is -1.00. The van der Waals surface area contributed by atoms with E-state index in [-0.39, 0.29) is 18.2 Å². The van der Waals surface area contributed by atoms with Crippen molar-refractivity contribution in [2.75, 3.05) is 32.7 Å². The first-order chi connectivity index (χ1) is 16.0. The summed E-state index contributed by atoms with van der Waals surface area (Å²) in [6, 6.07) is 12.4. The first-order valence-corrected chi connectivity index (χ1v) is 11.0. The van der Waals surface area contributed by atoms with E-state index in [1.807, 2.05) is 18.2 Å². The van der Waals surface area contributed by atoms with Gasteiger partial charge >= 0.3 is 5.97 Å². The molecular formula is C25H30N4O4. The summed E-state index contributed by atoms with van der Waals surface area (Å²) in [6.45, 7) is 7.80. The minimum atomic E-state index is -0.924. The van der Waals surface area contributed by atoms with E-state index in [1.54, 1.807) is 30.3 Å². The van der Waals surface area contributed by atoms with Gasteiger partial charge in [0.25, 0.3) is 5.91 Å². The molecule has 33 heavy (non-hydrogen) atoms. The summed E-state index contributed by atoms with van der Waals surface area (Å²) < 4.78 is 0. The molecule has 8 nitrogen and oxygen atoms in total. The number of hydrogen-bond acceptors (Lipinski definition) is 6. The van der Waals surface area contributed by atoms with E-state index in [0.29, 0.717) is 24.1 Å². The molecular weight excluding hydrogens is 420 g/mol. The highest BCUT2D eigenvalue weighted by atomic mass is 16.4. The molecule has 1 aliphatic heterocycles. The molecule has 8 heteroatoms. The zero-order valence-electron chi connectivity index (χ0n) is 18.6. The van der Waals surface area contributed by atoms with Crippen LogP contribution in [-0.2, 0) is 17.8 Å². The van der Waals surface area contributed by atoms with Gasteiger partial charge in [-0.3, -0.25) is 14.6 Å². The average Bonchev–Trinajstić information content (AvgIpc) is 3.01. The third kappa shape index (κ3) is 7.27. The monoisotopic (exact) mass is 450 g/mol. The van der Waals surface area contributed by atoms with Crippen LogP contribution in [0.4, 0.5) is 0 Å². The first kappa shape index (κ1) is 24.2. The lowest BCUT2D eigenvalue weighted by atomic mass is 10.1. The van der Waals surface area contributed by atoms with Crippen LogP contribution in [-0.4, -0.2) is 70.8 Å². The zero-order valence-corrected chi connectivity index (χ0v) is 18.6. The van der Waals surface area contributed by atoms with Crippen LogP contribution in [0.1, 0.15) is 33.5 Å². The summed E-state index contributed by atoms with van der Waals surface area (Å²) >= 11 is 0. The number of amides is 1. The molecule has 1 saturated heterocycles. The maximum atomic E-state index is 12.3. The van der Waals surface area contributed by atoms with Crippen LogP contribution in [0.25, 0.3) is 0 Å². The van der Waals surface area contributed by atoms with Crippen LogP contribution in [0, 0.1) is 0 Å². The molecule has 174 valence electrons. The number of carbonyl (C=O) groups excluding carboxylic acids is 1. The fourth-order valence-corrected chi connectivity index (χ4v) is 3.85. The number of aromatic carboxylic acids is 1. The number of rotatable bonds is 9. The lowest BCUT2D eigenvalue weighted by molar-refractivity contribution is -0.122. The van der Waals surface area contributed by atoms with Gasteiger partial charge in [0, 0.05) is 25.2 Å². The van der Waals surface area contributed by atoms with Gasteiger partial charge in [-0.15, -0.1) is 6.58 Å². The molecule has 2 aromatic carbocycles. The number of aromatic hydroxyl groups is 1. The van der Waals surface area contributed by atoms with Gasteiger partial charge in [0.1, 0.15) is 5.75 Å². The summed E-state index contributed by atoms with van der Waals surface area (Å²) in [7, 11) is 0. The van der Waals surface area contributed by atoms with Crippen LogP contribution in [0.15, 0.2) is 60.2 Å². The highest BCUT2D eigenvalue weighted by Crippen LogP contribution is 2.21. The van der Waals surface area contributed by atoms with E-state index < -0.39 is 5.97 Å². The van der Waals surface area contributed by atoms with Gasteiger partial charge in [0.15, 0.2) is 0 Å². The number of phenols is 1. The molecule has 0 aliphatic carbocycles. The standard InChI is InChI=1S/C25H30N4O4/c1-2-6-20-8-4-10-22(24(20)31)16-26-27-23(30)18-29-12-5-11-28(13-14-29)17-19-7-3-9-21(15-19)25(32)33/h2-4,7-10,15-16,31H,1,5-6,11-14,17-18H2,(H,27,30)(H,32,33)/b26-16+. The van der Waals surface area contributed by atoms with Gasteiger partial charge in [-0.1, -0.05) is 30.3 Å². The summed E-state index contributed by atoms with van der Waals surface area (Å²) in [6.07, 6.45) is 4.62. The molecule has 0 spiro atoms. The van der Waals surface area contributed by atoms with E-state index >= 15 is 0 Å². The highest BCUT2D eigenvalue weighted by Gasteiger charge is 2.17. The molecule has 0 atom stereocenters. The van der Waals surface area contributed by atoms with Gasteiger partial charge in [-0.2, -0.15) is 5.10 Å². The van der Waals surface area contributed by atoms with E-state index in [1.165, 1.54) is 6.21 Å². The maximum Gasteiger partial charge on any atom is 0.335 e. The van der Waals surface area contributed by atoms with Gasteiger partial charge in [0.05, 0.1) is 18.3 Å². The molecule has 0 radical (unpaired) electrons. The number of allylic oxidation sites excluding steroid dienone is 1. The third-order valence-electron chi connectivity index (χ3n) is 5.54. The number of hydrogen-bond donors (Lipinski definition) is 3. The lowest BCUT2D eigenvalue weighted by Gasteiger charge is -2.21. The largest absolute Gasteiger partial charge is 0.507 e. The molecule has 3 rings (SSSR count). The molecule has 0 unspecified atom stereocenters. The molecule has 1 heterocycles. The van der Waals surface area contributed by atoms with E-state index in [4.69, 9.17) is 5.11 Å². The topological polar surface area (TPSA) is 105 Å². The molecule has 0 bridgehead atoms. The Balaban J connectivity index is 1.47. The van der Waals surface area contributed by atoms with Crippen LogP contribution in [0.3, 0.4) is 0 Å². The van der Waals surface area contributed by atoms with Crippen molar-refractivity contribution in [2.24, 2.45) is 5.10 Å². The summed E-state index contributed by atoms with van der Waals surface area (Å²) in [5.41, 5.74) is 5.08. The Kier molecular flexibility index (Phi) is 8.74. The molecule has 1 fully saturated rings. The van der Waals surface area contributed by atoms with Gasteiger partial charge in [-0.25, -0.2) is 10.2 Å². The fourth-order valence-electron chi connectivity index (χ4n) is 3.85. The normalized spacial score (nSPS) is 15.3. The molecule has 2 aromatic rings. The summed E-state index contributed by atoms with van der Waals surface area (Å²) in [5, 5.41) is 23.4. The number of para-hydroxylation sites is 1. The smallest absolute Gasteiger partial charge is 0.335 e. The minimum Gasteiger partial charge on any atom is -0.507 e. The zero-order chi connectivity index (χ0) is 23.6. The van der Waals surface area contributed by atoms with Crippen molar-refractivity contribution in [1.82, 2.24) is 15.2 Å². The Hall–Kier alpha value is -3.49. The highest BCUT2D eigenvalue weighted by molar-refractivity contribution is 5.87. The number of benzene rings is 2. The Morgan fingerprint density at radius 3 is 2.64 bits per heavy atom. The number of nitrogens with zero attached hydrogens (tertiary/aromatic N) is 3. The van der Waals surface area contributed by atoms with Crippen molar-refractivity contribution in [3.8, 4) is 5.75 Å². The molecule has 3 N–H and O–H groups in total. The quantitative estimate of drug-likeness (QED) is 0.308. The van der Waals surface area contributed by atoms with Crippen molar-refractivity contribution in [3.63, 3.8) is 0 Å². The second kappa shape index (κ2) is 11.9. The Bertz CT molecular complexity index is 1020. The number of hydrazone groups is 1. The number of carbonyl (C=O) groups is 2. The predicted octanol–water partition coefficient (Wildman–Crippen LogP) is 2.48. The van der Waals surface area contributed by atoms with Crippen molar-refractivity contribution in [2.45, 2.75) is 19.4 Å². The number of carboxylic acid groups (broad SMARTS) is 1. The minimum absolute atomic E-state index is 0.136. The van der Waals surface area contributed by atoms with Crippen LogP contribution < -0.4 is 5.43 Å². The number of nitrogens with one attached hydrogen (secondary N) is 1. The van der Waals surface area contributed by atoms with E-state index in [0.717, 1.165) is 43.7 Å². The second-order valence-corrected chi connectivity index (χ2v) is 8.05. The molecule has 0 aromatic heterocycles. The molecule has 1 aliphatic rings. The van der Waals surface area contributed by atoms with Gasteiger partial charge in [-0.05, 0) is 55.3 Å². The lowest BCUT2D eigenvalue weighted by Crippen LogP contribution is -2.37. The van der Waals surface area contributed by atoms with E-state index in [9.17, 15) is 14.7 Å². The number of carboxylic acids is 1. The van der Waals surface area contributed by atoms with Crippen molar-refractivity contribution in [3.05, 3.63) is 77.4 Å². The second-order valence-electron chi connectivity index (χ2n) is 8.05. The Labute approximate surface area is 193 Å². The molecule has 0 saturated carbocycles. The van der Waals surface area contributed by atoms with Gasteiger partial charge < -0.3 is 10.2 Å². The van der Waals surface area contributed by atoms with Gasteiger partial charge in [0.2, 0.25) is 0 Å². The SMILES string of the molecule is C=CCc1cccc(/C=N/NC(=O)CN2CCCN(Cc3cccc(C(=O)O)c3)CC2)c1O. The first-order valence-electron chi connectivity index (χ1n) is 11.0. The fraction of sp³-hybridized carbons (Fsp3) is 0.320. The molecule has 1 amide bonds. The average molecular weight is 451 g/mol. The van der Waals surface area contributed by atoms with Crippen LogP contribution in [0.2, 0.25) is 0 Å². The van der Waals surface area contributed by atoms with E-state index in [2.05, 4.69) is 26.9 Å². The Morgan fingerprint density at radius 2 is 1.85 bits per heavy atom. The third-order valence-corrected chi connectivity index (χ3v) is 5.54. The van der Waals surface area contributed by atoms with Crippen LogP contribution in [0.5, 0.6) is 5.75 Å². The maximum absolute atomic E-state index is 12.3. The van der Waals surface area contributed by atoms with Crippen molar-refractivity contribution in [1.29, 1.82) is 0 Å². The Morgan fingerprint density at radius 1 is 1.09 bits per heavy atom. The van der Waals surface area contributed by atoms with Crippen molar-refractivity contribution < 1.29 is 19.8 Å². The predicted molar refractivity (Wildman–Crippen MR) is 127 cm³/mol. The summed E-state index contributed by atoms with van der Waals surface area (Å²) in [4.78, 5) is 27.9. The van der Waals surface area contributed by atoms with Crippen molar-refractivity contribution >= 4 is 18.1 Å². The number of phenolic OH excluding ortho intramolecular Hbond substituents is 1.